The van der Waals surface area contributed by atoms with Crippen molar-refractivity contribution in [1.29, 1.82) is 5.26 Å². The number of rotatable bonds is 6. The normalized spacial score (nSPS) is 10.3. The van der Waals surface area contributed by atoms with Gasteiger partial charge in [-0.1, -0.05) is 23.7 Å². The van der Waals surface area contributed by atoms with Gasteiger partial charge in [-0.15, -0.1) is 0 Å². The number of nitrogens with zero attached hydrogens (tertiary/aromatic N) is 3. The quantitative estimate of drug-likeness (QED) is 0.624. The maximum atomic E-state index is 12.4. The molecule has 1 N–H and O–H groups in total. The van der Waals surface area contributed by atoms with Gasteiger partial charge in [-0.2, -0.15) is 5.26 Å². The van der Waals surface area contributed by atoms with Crippen molar-refractivity contribution in [3.8, 4) is 6.07 Å². The van der Waals surface area contributed by atoms with Gasteiger partial charge >= 0.3 is 5.97 Å². The van der Waals surface area contributed by atoms with Crippen molar-refractivity contribution in [2.24, 2.45) is 0 Å². The van der Waals surface area contributed by atoms with Crippen LogP contribution in [0.4, 0.5) is 5.69 Å². The van der Waals surface area contributed by atoms with Crippen LogP contribution in [0.3, 0.4) is 0 Å². The number of halogens is 1. The lowest BCUT2D eigenvalue weighted by Gasteiger charge is -2.08. The lowest BCUT2D eigenvalue weighted by Crippen LogP contribution is -2.24. The predicted molar refractivity (Wildman–Crippen MR) is 106 cm³/mol. The highest BCUT2D eigenvalue weighted by molar-refractivity contribution is 6.32. The molecular formula is C20H15ClN4O4. The Balaban J connectivity index is 1.51. The van der Waals surface area contributed by atoms with E-state index in [1.807, 2.05) is 6.07 Å². The fourth-order valence-corrected chi connectivity index (χ4v) is 2.80. The van der Waals surface area contributed by atoms with Gasteiger partial charge in [0.15, 0.2) is 6.61 Å². The zero-order chi connectivity index (χ0) is 20.8. The Kier molecular flexibility index (Phi) is 6.22. The highest BCUT2D eigenvalue weighted by Crippen LogP contribution is 2.20. The zero-order valence-corrected chi connectivity index (χ0v) is 15.8. The molecule has 3 rings (SSSR count). The Hall–Kier alpha value is -3.70. The van der Waals surface area contributed by atoms with Crippen LogP contribution in [0.5, 0.6) is 0 Å². The van der Waals surface area contributed by atoms with Gasteiger partial charge in [0.05, 0.1) is 34.2 Å². The molecule has 0 fully saturated rings. The van der Waals surface area contributed by atoms with Crippen molar-refractivity contribution >= 4 is 40.1 Å². The maximum absolute atomic E-state index is 12.4. The first-order chi connectivity index (χ1) is 14.0. The molecule has 8 nitrogen and oxygen atoms in total. The lowest BCUT2D eigenvalue weighted by molar-refractivity contribution is -0.147. The fraction of sp³-hybridized carbons (Fsp3) is 0.150. The topological polar surface area (TPSA) is 114 Å². The van der Waals surface area contributed by atoms with Gasteiger partial charge in [-0.25, -0.2) is 4.98 Å². The molecule has 0 saturated carbocycles. The van der Waals surface area contributed by atoms with E-state index in [2.05, 4.69) is 10.3 Å². The SMILES string of the molecule is N#Cc1ccc(NC(=O)COC(=O)CCn2cnc3ccccc3c2=O)cc1Cl. The minimum atomic E-state index is -0.627. The summed E-state index contributed by atoms with van der Waals surface area (Å²) in [5.74, 6) is -1.18. The first-order valence-corrected chi connectivity index (χ1v) is 8.95. The second-order valence-electron chi connectivity index (χ2n) is 6.03. The van der Waals surface area contributed by atoms with Crippen molar-refractivity contribution in [3.05, 3.63) is 69.7 Å². The fourth-order valence-electron chi connectivity index (χ4n) is 2.58. The average Bonchev–Trinajstić information content (AvgIpc) is 2.72. The Morgan fingerprint density at radius 2 is 2.03 bits per heavy atom. The lowest BCUT2D eigenvalue weighted by atomic mass is 10.2. The van der Waals surface area contributed by atoms with E-state index in [0.717, 1.165) is 0 Å². The molecule has 1 aromatic heterocycles. The van der Waals surface area contributed by atoms with Gasteiger partial charge in [-0.3, -0.25) is 19.0 Å². The molecule has 0 unspecified atom stereocenters. The van der Waals surface area contributed by atoms with Gasteiger partial charge in [0.2, 0.25) is 0 Å². The smallest absolute Gasteiger partial charge is 0.308 e. The number of amides is 1. The number of esters is 1. The van der Waals surface area contributed by atoms with Crippen LogP contribution in [-0.4, -0.2) is 28.0 Å². The number of nitriles is 1. The van der Waals surface area contributed by atoms with E-state index in [-0.39, 0.29) is 29.1 Å². The van der Waals surface area contributed by atoms with Crippen LogP contribution in [0.15, 0.2) is 53.6 Å². The standard InChI is InChI=1S/C20H15ClN4O4/c21-16-9-14(6-5-13(16)10-22)24-18(26)11-29-19(27)7-8-25-12-23-17-4-2-1-3-15(17)20(25)28/h1-6,9,12H,7-8,11H2,(H,24,26). The molecule has 29 heavy (non-hydrogen) atoms. The molecule has 0 spiro atoms. The summed E-state index contributed by atoms with van der Waals surface area (Å²) in [6.07, 6.45) is 1.29. The Labute approximate surface area is 170 Å². The summed E-state index contributed by atoms with van der Waals surface area (Å²) >= 11 is 5.90. The number of aryl methyl sites for hydroxylation is 1. The highest BCUT2D eigenvalue weighted by atomic mass is 35.5. The molecule has 1 heterocycles. The summed E-state index contributed by atoms with van der Waals surface area (Å²) in [4.78, 5) is 40.3. The van der Waals surface area contributed by atoms with E-state index in [4.69, 9.17) is 21.6 Å². The van der Waals surface area contributed by atoms with Crippen molar-refractivity contribution in [2.75, 3.05) is 11.9 Å². The second kappa shape index (κ2) is 8.99. The van der Waals surface area contributed by atoms with Crippen molar-refractivity contribution in [3.63, 3.8) is 0 Å². The summed E-state index contributed by atoms with van der Waals surface area (Å²) in [7, 11) is 0. The van der Waals surface area contributed by atoms with Crippen molar-refractivity contribution < 1.29 is 14.3 Å². The number of ether oxygens (including phenoxy) is 1. The molecule has 146 valence electrons. The summed E-state index contributed by atoms with van der Waals surface area (Å²) in [5, 5.41) is 12.0. The number of aromatic nitrogens is 2. The molecule has 0 aliphatic carbocycles. The van der Waals surface area contributed by atoms with Crippen molar-refractivity contribution in [2.45, 2.75) is 13.0 Å². The van der Waals surface area contributed by atoms with Crippen LogP contribution in [0.1, 0.15) is 12.0 Å². The second-order valence-corrected chi connectivity index (χ2v) is 6.43. The Bertz CT molecular complexity index is 1180. The molecular weight excluding hydrogens is 396 g/mol. The minimum Gasteiger partial charge on any atom is -0.456 e. The van der Waals surface area contributed by atoms with Gasteiger partial charge in [0.1, 0.15) is 6.07 Å². The molecule has 3 aromatic rings. The largest absolute Gasteiger partial charge is 0.456 e. The number of carbonyl (C=O) groups is 2. The number of hydrogen-bond donors (Lipinski definition) is 1. The third-order valence-corrected chi connectivity index (χ3v) is 4.34. The van der Waals surface area contributed by atoms with E-state index in [1.165, 1.54) is 29.1 Å². The molecule has 0 saturated heterocycles. The average molecular weight is 411 g/mol. The number of para-hydroxylation sites is 1. The van der Waals surface area contributed by atoms with E-state index in [9.17, 15) is 14.4 Å². The monoisotopic (exact) mass is 410 g/mol. The van der Waals surface area contributed by atoms with E-state index < -0.39 is 18.5 Å². The van der Waals surface area contributed by atoms with Crippen LogP contribution in [0, 0.1) is 11.3 Å². The number of hydrogen-bond acceptors (Lipinski definition) is 6. The van der Waals surface area contributed by atoms with Gasteiger partial charge in [-0.05, 0) is 30.3 Å². The molecule has 0 aliphatic rings. The summed E-state index contributed by atoms with van der Waals surface area (Å²) in [6.45, 7) is -0.399. The van der Waals surface area contributed by atoms with Gasteiger partial charge in [0.25, 0.3) is 11.5 Å². The molecule has 9 heteroatoms. The van der Waals surface area contributed by atoms with Crippen LogP contribution < -0.4 is 10.9 Å². The van der Waals surface area contributed by atoms with E-state index in [1.54, 1.807) is 24.3 Å². The first-order valence-electron chi connectivity index (χ1n) is 8.57. The molecule has 0 aliphatic heterocycles. The van der Waals surface area contributed by atoms with Gasteiger partial charge in [0, 0.05) is 12.2 Å². The number of fused-ring (bicyclic) bond motifs is 1. The summed E-state index contributed by atoms with van der Waals surface area (Å²) in [5.41, 5.74) is 0.994. The van der Waals surface area contributed by atoms with Crippen LogP contribution in [0.25, 0.3) is 10.9 Å². The third-order valence-electron chi connectivity index (χ3n) is 4.03. The van der Waals surface area contributed by atoms with Crippen molar-refractivity contribution in [1.82, 2.24) is 9.55 Å². The molecule has 0 radical (unpaired) electrons. The molecule has 1 amide bonds. The number of anilines is 1. The number of benzene rings is 2. The predicted octanol–water partition coefficient (Wildman–Crippen LogP) is 2.49. The Morgan fingerprint density at radius 3 is 2.79 bits per heavy atom. The first kappa shape index (κ1) is 20.0. The molecule has 0 atom stereocenters. The van der Waals surface area contributed by atoms with Gasteiger partial charge < -0.3 is 10.1 Å². The zero-order valence-electron chi connectivity index (χ0n) is 15.1. The number of carbonyl (C=O) groups excluding carboxylic acids is 2. The van der Waals surface area contributed by atoms with E-state index >= 15 is 0 Å². The summed E-state index contributed by atoms with van der Waals surface area (Å²) in [6, 6.07) is 13.3. The van der Waals surface area contributed by atoms with E-state index in [0.29, 0.717) is 16.6 Å². The minimum absolute atomic E-state index is 0.0857. The van der Waals surface area contributed by atoms with Crippen LogP contribution in [-0.2, 0) is 20.9 Å². The van der Waals surface area contributed by atoms with Crippen LogP contribution in [0.2, 0.25) is 5.02 Å². The molecule has 2 aromatic carbocycles. The molecule has 0 bridgehead atoms. The number of nitrogens with one attached hydrogen (secondary N) is 1. The highest BCUT2D eigenvalue weighted by Gasteiger charge is 2.11. The third kappa shape index (κ3) is 4.97. The maximum Gasteiger partial charge on any atom is 0.308 e. The van der Waals surface area contributed by atoms with Crippen LogP contribution >= 0.6 is 11.6 Å². The Morgan fingerprint density at radius 1 is 1.24 bits per heavy atom. The summed E-state index contributed by atoms with van der Waals surface area (Å²) < 4.78 is 6.25.